The number of carbonyl (C=O) groups excluding carboxylic acids is 4. The third-order valence-electron chi connectivity index (χ3n) is 8.48. The van der Waals surface area contributed by atoms with E-state index in [1.807, 2.05) is 13.8 Å². The van der Waals surface area contributed by atoms with Gasteiger partial charge in [-0.3, -0.25) is 0 Å². The summed E-state index contributed by atoms with van der Waals surface area (Å²) in [7, 11) is 0. The summed E-state index contributed by atoms with van der Waals surface area (Å²) in [6.45, 7) is 8.37. The summed E-state index contributed by atoms with van der Waals surface area (Å²) >= 11 is 37.5. The van der Waals surface area contributed by atoms with Crippen LogP contribution in [0.3, 0.4) is 0 Å². The molecule has 0 aliphatic heterocycles. The Morgan fingerprint density at radius 1 is 0.652 bits per heavy atom. The lowest BCUT2D eigenvalue weighted by Gasteiger charge is -2.24. The standard InChI is InChI=1S/C32H32Cl6O8/c1-15-5-7-31(3,11-15)13-43-27(39)21-23(37)17(33)9-19(35)25(21)45-29(41)30(42)46-26-20(36)10-18(34)24(38)22(26)28(40)44-14-32(4)8-6-16(2)12-32/h9-10,15-16H,5-8,11-14H2,1-4H3. The topological polar surface area (TPSA) is 105 Å². The summed E-state index contributed by atoms with van der Waals surface area (Å²) in [5, 5.41) is -1.47. The molecule has 2 aliphatic rings. The first-order valence-electron chi connectivity index (χ1n) is 14.6. The molecule has 2 aliphatic carbocycles. The molecule has 14 heteroatoms. The van der Waals surface area contributed by atoms with Crippen LogP contribution in [0.15, 0.2) is 12.1 Å². The summed E-state index contributed by atoms with van der Waals surface area (Å²) in [5.41, 5.74) is -1.42. The summed E-state index contributed by atoms with van der Waals surface area (Å²) in [6.07, 6.45) is 5.38. The Kier molecular flexibility index (Phi) is 11.8. The molecule has 2 aromatic carbocycles. The molecule has 0 heterocycles. The van der Waals surface area contributed by atoms with Crippen LogP contribution >= 0.6 is 69.6 Å². The number of hydrogen-bond acceptors (Lipinski definition) is 8. The van der Waals surface area contributed by atoms with E-state index in [2.05, 4.69) is 13.8 Å². The number of rotatable bonds is 8. The van der Waals surface area contributed by atoms with Crippen molar-refractivity contribution >= 4 is 93.5 Å². The highest BCUT2D eigenvalue weighted by Gasteiger charge is 2.38. The van der Waals surface area contributed by atoms with Crippen molar-refractivity contribution in [2.45, 2.75) is 66.2 Å². The van der Waals surface area contributed by atoms with E-state index in [-0.39, 0.29) is 54.2 Å². The molecule has 0 aromatic heterocycles. The monoisotopic (exact) mass is 754 g/mol. The molecule has 2 saturated carbocycles. The minimum Gasteiger partial charge on any atom is -0.461 e. The van der Waals surface area contributed by atoms with Gasteiger partial charge in [0.05, 0.1) is 43.3 Å². The molecule has 46 heavy (non-hydrogen) atoms. The summed E-state index contributed by atoms with van der Waals surface area (Å²) in [4.78, 5) is 52.5. The normalized spacial score (nSPS) is 24.0. The van der Waals surface area contributed by atoms with E-state index < -0.39 is 46.5 Å². The molecule has 0 saturated heterocycles. The van der Waals surface area contributed by atoms with Gasteiger partial charge in [-0.2, -0.15) is 0 Å². The van der Waals surface area contributed by atoms with Crippen molar-refractivity contribution in [3.63, 3.8) is 0 Å². The van der Waals surface area contributed by atoms with Crippen molar-refractivity contribution in [1.29, 1.82) is 0 Å². The molecule has 4 rings (SSSR count). The van der Waals surface area contributed by atoms with E-state index in [0.29, 0.717) is 11.8 Å². The number of carbonyl (C=O) groups is 4. The molecule has 4 unspecified atom stereocenters. The number of ether oxygens (including phenoxy) is 4. The van der Waals surface area contributed by atoms with Gasteiger partial charge in [0, 0.05) is 10.8 Å². The largest absolute Gasteiger partial charge is 0.461 e. The fraction of sp³-hybridized carbons (Fsp3) is 0.500. The maximum absolute atomic E-state index is 13.2. The molecule has 2 aromatic rings. The molecular formula is C32H32Cl6O8. The predicted molar refractivity (Wildman–Crippen MR) is 177 cm³/mol. The zero-order valence-electron chi connectivity index (χ0n) is 25.5. The van der Waals surface area contributed by atoms with Gasteiger partial charge < -0.3 is 18.9 Å². The van der Waals surface area contributed by atoms with Gasteiger partial charge in [0.2, 0.25) is 0 Å². The van der Waals surface area contributed by atoms with Crippen LogP contribution in [-0.4, -0.2) is 37.1 Å². The zero-order chi connectivity index (χ0) is 34.1. The van der Waals surface area contributed by atoms with Gasteiger partial charge in [0.1, 0.15) is 11.1 Å². The summed E-state index contributed by atoms with van der Waals surface area (Å²) in [6, 6.07) is 2.26. The highest BCUT2D eigenvalue weighted by Crippen LogP contribution is 2.45. The van der Waals surface area contributed by atoms with E-state index >= 15 is 0 Å². The van der Waals surface area contributed by atoms with Crippen LogP contribution < -0.4 is 9.47 Å². The lowest BCUT2D eigenvalue weighted by atomic mass is 9.89. The molecule has 0 N–H and O–H groups in total. The van der Waals surface area contributed by atoms with Crippen molar-refractivity contribution in [3.05, 3.63) is 53.4 Å². The van der Waals surface area contributed by atoms with Crippen molar-refractivity contribution in [2.24, 2.45) is 22.7 Å². The molecule has 4 atom stereocenters. The van der Waals surface area contributed by atoms with Crippen LogP contribution in [0.25, 0.3) is 0 Å². The highest BCUT2D eigenvalue weighted by atomic mass is 35.5. The predicted octanol–water partition coefficient (Wildman–Crippen LogP) is 10.1. The Bertz CT molecular complexity index is 1460. The van der Waals surface area contributed by atoms with Crippen molar-refractivity contribution < 1.29 is 38.1 Å². The minimum atomic E-state index is -1.64. The number of hydrogen-bond donors (Lipinski definition) is 0. The van der Waals surface area contributed by atoms with Gasteiger partial charge in [0.15, 0.2) is 11.5 Å². The lowest BCUT2D eigenvalue weighted by Crippen LogP contribution is -2.28. The van der Waals surface area contributed by atoms with Crippen LogP contribution in [0.5, 0.6) is 11.5 Å². The summed E-state index contributed by atoms with van der Waals surface area (Å²) in [5.74, 6) is -5.41. The fourth-order valence-electron chi connectivity index (χ4n) is 6.16. The second-order valence-electron chi connectivity index (χ2n) is 13.0. The van der Waals surface area contributed by atoms with Crippen LogP contribution in [0.4, 0.5) is 0 Å². The second-order valence-corrected chi connectivity index (χ2v) is 15.3. The van der Waals surface area contributed by atoms with E-state index in [9.17, 15) is 19.2 Å². The van der Waals surface area contributed by atoms with Gasteiger partial charge >= 0.3 is 23.9 Å². The Morgan fingerprint density at radius 2 is 1.00 bits per heavy atom. The van der Waals surface area contributed by atoms with Gasteiger partial charge in [-0.1, -0.05) is 110 Å². The smallest absolute Gasteiger partial charge is 0.423 e. The average Bonchev–Trinajstić information content (AvgIpc) is 3.51. The first-order valence-corrected chi connectivity index (χ1v) is 16.8. The number of esters is 4. The van der Waals surface area contributed by atoms with Gasteiger partial charge in [-0.25, -0.2) is 19.2 Å². The summed E-state index contributed by atoms with van der Waals surface area (Å²) < 4.78 is 21.5. The maximum Gasteiger partial charge on any atom is 0.423 e. The first-order chi connectivity index (χ1) is 21.4. The Balaban J connectivity index is 1.55. The van der Waals surface area contributed by atoms with Crippen molar-refractivity contribution in [1.82, 2.24) is 0 Å². The zero-order valence-corrected chi connectivity index (χ0v) is 30.0. The van der Waals surface area contributed by atoms with Gasteiger partial charge in [-0.15, -0.1) is 0 Å². The quantitative estimate of drug-likeness (QED) is 0.113. The second kappa shape index (κ2) is 14.7. The number of benzene rings is 2. The van der Waals surface area contributed by atoms with Gasteiger partial charge in [-0.05, 0) is 49.7 Å². The lowest BCUT2D eigenvalue weighted by molar-refractivity contribution is -0.156. The Labute approximate surface area is 297 Å². The molecular weight excluding hydrogens is 725 g/mol. The molecule has 0 bridgehead atoms. The van der Waals surface area contributed by atoms with Crippen LogP contribution in [-0.2, 0) is 19.1 Å². The van der Waals surface area contributed by atoms with Gasteiger partial charge in [0.25, 0.3) is 0 Å². The van der Waals surface area contributed by atoms with E-state index in [1.165, 1.54) is 0 Å². The number of halogens is 6. The third kappa shape index (κ3) is 8.37. The van der Waals surface area contributed by atoms with E-state index in [4.69, 9.17) is 88.6 Å². The average molecular weight is 757 g/mol. The Morgan fingerprint density at radius 3 is 1.30 bits per heavy atom. The molecule has 0 radical (unpaired) electrons. The fourth-order valence-corrected chi connectivity index (χ4v) is 7.60. The molecule has 0 amide bonds. The maximum atomic E-state index is 13.2. The van der Waals surface area contributed by atoms with Crippen LogP contribution in [0.2, 0.25) is 30.1 Å². The molecule has 2 fully saturated rings. The SMILES string of the molecule is CC1CCC(C)(COC(=O)c2c(Cl)c(Cl)cc(Cl)c2OC(=O)C(=O)Oc2c(Cl)cc(Cl)c(Cl)c2C(=O)OCC2(C)CCC(C)C2)C1. The van der Waals surface area contributed by atoms with E-state index in [0.717, 1.165) is 50.7 Å². The van der Waals surface area contributed by atoms with E-state index in [1.54, 1.807) is 0 Å². The first kappa shape index (κ1) is 36.9. The molecule has 250 valence electrons. The minimum absolute atomic E-state index is 0.0684. The molecule has 0 spiro atoms. The molecule has 8 nitrogen and oxygen atoms in total. The van der Waals surface area contributed by atoms with Crippen LogP contribution in [0, 0.1) is 22.7 Å². The van der Waals surface area contributed by atoms with Crippen LogP contribution in [0.1, 0.15) is 86.9 Å². The third-order valence-corrected chi connectivity index (χ3v) is 10.6. The van der Waals surface area contributed by atoms with Crippen molar-refractivity contribution in [2.75, 3.05) is 13.2 Å². The van der Waals surface area contributed by atoms with Crippen molar-refractivity contribution in [3.8, 4) is 11.5 Å². The Hall–Kier alpha value is -1.94. The highest BCUT2D eigenvalue weighted by molar-refractivity contribution is 6.47.